The maximum Gasteiger partial charge on any atom is 0.490 e. The molecule has 1 amide bonds. The molecule has 1 aromatic heterocycles. The van der Waals surface area contributed by atoms with Gasteiger partial charge >= 0.3 is 18.3 Å². The van der Waals surface area contributed by atoms with Crippen LogP contribution in [0.2, 0.25) is 0 Å². The van der Waals surface area contributed by atoms with Crippen molar-refractivity contribution in [2.45, 2.75) is 49.5 Å². The Kier molecular flexibility index (Phi) is 8.79. The van der Waals surface area contributed by atoms with Crippen LogP contribution in [0.1, 0.15) is 47.2 Å². The number of halogens is 6. The van der Waals surface area contributed by atoms with Crippen LogP contribution in [0.3, 0.4) is 0 Å². The molecule has 214 valence electrons. The molecule has 16 heteroatoms. The standard InChI is InChI=1S/C21H23F3N4O3S.C2HF3O2/c1-27-13-14-6-7-16(11-18(14)32(27,30)31)26-20(29)17-10-15(21(22,23)24)12-25-19(17)28-8-4-2-3-5-9-28;3-2(4,5)1(6)7/h6-7,10-12H,2-5,8-9,13H2,1H3,(H,26,29);(H,6,7). The predicted octanol–water partition coefficient (Wildman–Crippen LogP) is 4.50. The number of amides is 1. The minimum atomic E-state index is -5.08. The summed E-state index contributed by atoms with van der Waals surface area (Å²) >= 11 is 0. The van der Waals surface area contributed by atoms with Crippen LogP contribution in [0.15, 0.2) is 35.4 Å². The number of aromatic nitrogens is 1. The number of pyridine rings is 1. The van der Waals surface area contributed by atoms with Gasteiger partial charge in [-0.25, -0.2) is 18.2 Å². The monoisotopic (exact) mass is 582 g/mol. The van der Waals surface area contributed by atoms with E-state index in [-0.39, 0.29) is 28.5 Å². The predicted molar refractivity (Wildman–Crippen MR) is 127 cm³/mol. The molecule has 4 rings (SSSR count). The Balaban J connectivity index is 0.000000532. The van der Waals surface area contributed by atoms with Crippen molar-refractivity contribution in [3.05, 3.63) is 47.2 Å². The van der Waals surface area contributed by atoms with Gasteiger partial charge in [-0.3, -0.25) is 4.79 Å². The van der Waals surface area contributed by atoms with Crippen molar-refractivity contribution < 1.29 is 49.5 Å². The van der Waals surface area contributed by atoms with E-state index in [0.717, 1.165) is 37.9 Å². The number of nitrogens with zero attached hydrogens (tertiary/aromatic N) is 3. The van der Waals surface area contributed by atoms with E-state index < -0.39 is 39.8 Å². The molecule has 2 aromatic rings. The van der Waals surface area contributed by atoms with Gasteiger partial charge in [0.2, 0.25) is 10.0 Å². The first-order valence-corrected chi connectivity index (χ1v) is 13.0. The molecule has 0 bridgehead atoms. The van der Waals surface area contributed by atoms with Crippen LogP contribution in [-0.2, 0) is 27.5 Å². The van der Waals surface area contributed by atoms with Crippen molar-refractivity contribution >= 4 is 33.4 Å². The number of hydrogen-bond donors (Lipinski definition) is 2. The van der Waals surface area contributed by atoms with E-state index in [1.54, 1.807) is 6.07 Å². The summed E-state index contributed by atoms with van der Waals surface area (Å²) in [5, 5.41) is 9.68. The summed E-state index contributed by atoms with van der Waals surface area (Å²) in [7, 11) is -2.20. The molecule has 2 aliphatic rings. The number of hydrogen-bond acceptors (Lipinski definition) is 6. The van der Waals surface area contributed by atoms with Gasteiger partial charge in [-0.15, -0.1) is 0 Å². The Morgan fingerprint density at radius 1 is 1.00 bits per heavy atom. The minimum absolute atomic E-state index is 0.0766. The summed E-state index contributed by atoms with van der Waals surface area (Å²) in [6.45, 7) is 1.42. The number of nitrogens with one attached hydrogen (secondary N) is 1. The molecule has 0 radical (unpaired) electrons. The van der Waals surface area contributed by atoms with E-state index in [2.05, 4.69) is 10.3 Å². The van der Waals surface area contributed by atoms with Crippen LogP contribution >= 0.6 is 0 Å². The third-order valence-corrected chi connectivity index (χ3v) is 7.88. The molecule has 1 fully saturated rings. The number of carboxylic acid groups (broad SMARTS) is 1. The van der Waals surface area contributed by atoms with Gasteiger partial charge in [0.25, 0.3) is 5.91 Å². The van der Waals surface area contributed by atoms with Gasteiger partial charge in [0.15, 0.2) is 0 Å². The molecule has 2 N–H and O–H groups in total. The average Bonchev–Trinajstić information content (AvgIpc) is 3.02. The first-order valence-electron chi connectivity index (χ1n) is 11.5. The zero-order valence-electron chi connectivity index (χ0n) is 20.4. The molecule has 2 aliphatic heterocycles. The molecule has 0 atom stereocenters. The number of carbonyl (C=O) groups is 2. The van der Waals surface area contributed by atoms with Gasteiger partial charge in [-0.1, -0.05) is 18.9 Å². The fourth-order valence-electron chi connectivity index (χ4n) is 4.01. The second-order valence-electron chi connectivity index (χ2n) is 8.83. The highest BCUT2D eigenvalue weighted by molar-refractivity contribution is 7.89. The second kappa shape index (κ2) is 11.4. The number of rotatable bonds is 3. The quantitative estimate of drug-likeness (QED) is 0.512. The lowest BCUT2D eigenvalue weighted by atomic mass is 10.1. The van der Waals surface area contributed by atoms with Crippen LogP contribution < -0.4 is 10.2 Å². The van der Waals surface area contributed by atoms with Gasteiger partial charge in [-0.2, -0.15) is 30.6 Å². The fraction of sp³-hybridized carbons (Fsp3) is 0.435. The van der Waals surface area contributed by atoms with Crippen molar-refractivity contribution in [2.24, 2.45) is 0 Å². The van der Waals surface area contributed by atoms with Crippen molar-refractivity contribution in [1.29, 1.82) is 0 Å². The van der Waals surface area contributed by atoms with Gasteiger partial charge in [0.05, 0.1) is 16.0 Å². The van der Waals surface area contributed by atoms with Crippen LogP contribution in [0.5, 0.6) is 0 Å². The molecule has 0 unspecified atom stereocenters. The third-order valence-electron chi connectivity index (χ3n) is 5.99. The highest BCUT2D eigenvalue weighted by Gasteiger charge is 2.38. The Labute approximate surface area is 219 Å². The SMILES string of the molecule is CN1Cc2ccc(NC(=O)c3cc(C(F)(F)F)cnc3N3CCCCCC3)cc2S1(=O)=O.O=C(O)C(F)(F)F. The first kappa shape index (κ1) is 30.1. The van der Waals surface area contributed by atoms with Crippen LogP contribution in [0, 0.1) is 0 Å². The smallest absolute Gasteiger partial charge is 0.475 e. The van der Waals surface area contributed by atoms with E-state index in [4.69, 9.17) is 9.90 Å². The first-order chi connectivity index (χ1) is 18.0. The number of aliphatic carboxylic acids is 1. The summed E-state index contributed by atoms with van der Waals surface area (Å²) < 4.78 is 97.7. The number of benzene rings is 1. The van der Waals surface area contributed by atoms with E-state index in [1.807, 2.05) is 4.90 Å². The molecule has 0 aliphatic carbocycles. The highest BCUT2D eigenvalue weighted by Crippen LogP contribution is 2.34. The number of alkyl halides is 6. The summed E-state index contributed by atoms with van der Waals surface area (Å²) in [5.41, 5.74) is -0.426. The molecule has 39 heavy (non-hydrogen) atoms. The number of carboxylic acids is 1. The molecular weight excluding hydrogens is 558 g/mol. The zero-order chi connectivity index (χ0) is 29.2. The van der Waals surface area contributed by atoms with Crippen molar-refractivity contribution in [2.75, 3.05) is 30.4 Å². The summed E-state index contributed by atoms with van der Waals surface area (Å²) in [4.78, 5) is 27.9. The lowest BCUT2D eigenvalue weighted by Crippen LogP contribution is -2.29. The fourth-order valence-corrected chi connectivity index (χ4v) is 5.39. The molecule has 1 aromatic carbocycles. The summed E-state index contributed by atoms with van der Waals surface area (Å²) in [5.74, 6) is -3.33. The molecule has 0 spiro atoms. The second-order valence-corrected chi connectivity index (χ2v) is 10.8. The maximum atomic E-state index is 13.3. The zero-order valence-corrected chi connectivity index (χ0v) is 21.3. The van der Waals surface area contributed by atoms with Crippen molar-refractivity contribution in [3.8, 4) is 0 Å². The number of sulfonamides is 1. The molecule has 9 nitrogen and oxygen atoms in total. The highest BCUT2D eigenvalue weighted by atomic mass is 32.2. The normalized spacial score (nSPS) is 17.5. The average molecular weight is 583 g/mol. The van der Waals surface area contributed by atoms with E-state index in [0.29, 0.717) is 18.7 Å². The number of anilines is 2. The van der Waals surface area contributed by atoms with E-state index >= 15 is 0 Å². The Morgan fingerprint density at radius 2 is 1.59 bits per heavy atom. The van der Waals surface area contributed by atoms with Crippen LogP contribution in [-0.4, -0.2) is 61.0 Å². The summed E-state index contributed by atoms with van der Waals surface area (Å²) in [6.07, 6.45) is -5.24. The molecule has 1 saturated heterocycles. The Morgan fingerprint density at radius 3 is 2.13 bits per heavy atom. The summed E-state index contributed by atoms with van der Waals surface area (Å²) in [6, 6.07) is 5.27. The van der Waals surface area contributed by atoms with Crippen molar-refractivity contribution in [3.63, 3.8) is 0 Å². The number of fused-ring (bicyclic) bond motifs is 1. The van der Waals surface area contributed by atoms with E-state index in [1.165, 1.54) is 23.5 Å². The van der Waals surface area contributed by atoms with Crippen LogP contribution in [0.25, 0.3) is 0 Å². The third kappa shape index (κ3) is 7.17. The Bertz CT molecular complexity index is 1340. The number of carbonyl (C=O) groups excluding carboxylic acids is 1. The minimum Gasteiger partial charge on any atom is -0.475 e. The maximum absolute atomic E-state index is 13.3. The lowest BCUT2D eigenvalue weighted by molar-refractivity contribution is -0.192. The van der Waals surface area contributed by atoms with E-state index in [9.17, 15) is 39.6 Å². The lowest BCUT2D eigenvalue weighted by Gasteiger charge is -2.24. The topological polar surface area (TPSA) is 120 Å². The van der Waals surface area contributed by atoms with Gasteiger partial charge < -0.3 is 15.3 Å². The van der Waals surface area contributed by atoms with Gasteiger partial charge in [-0.05, 0) is 36.6 Å². The van der Waals surface area contributed by atoms with Gasteiger partial charge in [0.1, 0.15) is 5.82 Å². The molecule has 3 heterocycles. The molecular formula is C23H24F6N4O5S. The van der Waals surface area contributed by atoms with Crippen LogP contribution in [0.4, 0.5) is 37.8 Å². The Hall–Kier alpha value is -3.40. The molecule has 0 saturated carbocycles. The van der Waals surface area contributed by atoms with Crippen molar-refractivity contribution in [1.82, 2.24) is 9.29 Å². The van der Waals surface area contributed by atoms with Gasteiger partial charge in [0, 0.05) is 38.6 Å². The largest absolute Gasteiger partial charge is 0.490 e.